The molecule has 0 amide bonds. The highest BCUT2D eigenvalue weighted by Crippen LogP contribution is 2.36. The summed E-state index contributed by atoms with van der Waals surface area (Å²) in [6.07, 6.45) is 4.48. The molecule has 6 heteroatoms. The number of ether oxygens (including phenoxy) is 1. The van der Waals surface area contributed by atoms with Crippen molar-refractivity contribution < 1.29 is 4.74 Å². The van der Waals surface area contributed by atoms with Crippen LogP contribution in [-0.2, 0) is 4.74 Å². The molecule has 0 aliphatic carbocycles. The first-order valence-corrected chi connectivity index (χ1v) is 7.93. The van der Waals surface area contributed by atoms with Gasteiger partial charge in [0.15, 0.2) is 0 Å². The fourth-order valence-corrected chi connectivity index (χ4v) is 2.68. The van der Waals surface area contributed by atoms with Gasteiger partial charge in [0.2, 0.25) is 0 Å². The Hall–Kier alpha value is -1.66. The summed E-state index contributed by atoms with van der Waals surface area (Å²) < 4.78 is 9.80. The minimum absolute atomic E-state index is 0.560. The predicted molar refractivity (Wildman–Crippen MR) is 88.5 cm³/mol. The van der Waals surface area contributed by atoms with Crippen molar-refractivity contribution >= 4 is 22.4 Å². The number of nitrogens with zero attached hydrogens (tertiary/aromatic N) is 2. The maximum atomic E-state index is 5.97. The highest BCUT2D eigenvalue weighted by molar-refractivity contribution is 7.11. The molecule has 0 bridgehead atoms. The van der Waals surface area contributed by atoms with Crippen LogP contribution in [-0.4, -0.2) is 29.1 Å². The zero-order valence-electron chi connectivity index (χ0n) is 12.5. The molecular weight excluding hydrogens is 284 g/mol. The van der Waals surface area contributed by atoms with E-state index in [1.54, 1.807) is 12.4 Å². The molecule has 3 N–H and O–H groups in total. The molecule has 114 valence electrons. The van der Waals surface area contributed by atoms with E-state index in [4.69, 9.17) is 10.5 Å². The molecule has 2 aromatic rings. The Kier molecular flexibility index (Phi) is 5.95. The maximum Gasteiger partial charge on any atom is 0.147 e. The van der Waals surface area contributed by atoms with Crippen molar-refractivity contribution in [2.75, 3.05) is 30.8 Å². The van der Waals surface area contributed by atoms with Crippen LogP contribution in [0.1, 0.15) is 20.3 Å². The Morgan fingerprint density at radius 2 is 2.10 bits per heavy atom. The molecule has 0 aliphatic heterocycles. The summed E-state index contributed by atoms with van der Waals surface area (Å²) in [6, 6.07) is 3.88. The van der Waals surface area contributed by atoms with Gasteiger partial charge in [-0.1, -0.05) is 13.8 Å². The second kappa shape index (κ2) is 7.95. The van der Waals surface area contributed by atoms with Crippen LogP contribution in [0, 0.1) is 5.92 Å². The third kappa shape index (κ3) is 4.68. The van der Waals surface area contributed by atoms with Crippen LogP contribution in [0.2, 0.25) is 0 Å². The number of hydrogen-bond donors (Lipinski definition) is 2. The van der Waals surface area contributed by atoms with E-state index in [2.05, 4.69) is 28.5 Å². The Bertz CT molecular complexity index is 542. The van der Waals surface area contributed by atoms with E-state index in [1.165, 1.54) is 11.5 Å². The van der Waals surface area contributed by atoms with Gasteiger partial charge in [-0.15, -0.1) is 0 Å². The third-order valence-corrected chi connectivity index (χ3v) is 3.71. The van der Waals surface area contributed by atoms with Crippen LogP contribution in [0.5, 0.6) is 0 Å². The first-order valence-electron chi connectivity index (χ1n) is 7.15. The molecule has 21 heavy (non-hydrogen) atoms. The lowest BCUT2D eigenvalue weighted by molar-refractivity contribution is 0.110. The van der Waals surface area contributed by atoms with Gasteiger partial charge in [0.05, 0.1) is 5.56 Å². The Balaban J connectivity index is 1.87. The molecule has 0 radical (unpaired) electrons. The first kappa shape index (κ1) is 15.7. The van der Waals surface area contributed by atoms with Gasteiger partial charge in [-0.25, -0.2) is 0 Å². The van der Waals surface area contributed by atoms with E-state index in [0.717, 1.165) is 42.3 Å². The Labute approximate surface area is 129 Å². The SMILES string of the molecule is CC(C)COCCCNc1snc(N)c1-c1ccncc1. The molecule has 0 saturated carbocycles. The molecule has 0 spiro atoms. The molecule has 5 nitrogen and oxygen atoms in total. The van der Waals surface area contributed by atoms with E-state index < -0.39 is 0 Å². The number of nitrogen functional groups attached to an aromatic ring is 1. The highest BCUT2D eigenvalue weighted by Gasteiger charge is 2.12. The number of hydrogen-bond acceptors (Lipinski definition) is 6. The number of pyridine rings is 1. The number of nitrogens with two attached hydrogens (primary N) is 1. The Morgan fingerprint density at radius 1 is 1.33 bits per heavy atom. The van der Waals surface area contributed by atoms with Gasteiger partial charge >= 0.3 is 0 Å². The van der Waals surface area contributed by atoms with E-state index in [0.29, 0.717) is 11.7 Å². The lowest BCUT2D eigenvalue weighted by Gasteiger charge is -2.09. The fourth-order valence-electron chi connectivity index (χ4n) is 1.92. The molecule has 0 aliphatic rings. The molecular formula is C15H22N4OS. The van der Waals surface area contributed by atoms with Gasteiger partial charge in [-0.05, 0) is 41.6 Å². The van der Waals surface area contributed by atoms with Crippen LogP contribution < -0.4 is 11.1 Å². The summed E-state index contributed by atoms with van der Waals surface area (Å²) in [5, 5.41) is 4.40. The van der Waals surface area contributed by atoms with Crippen molar-refractivity contribution in [1.29, 1.82) is 0 Å². The van der Waals surface area contributed by atoms with Crippen molar-refractivity contribution in [3.05, 3.63) is 24.5 Å². The molecule has 0 saturated heterocycles. The minimum atomic E-state index is 0.560. The van der Waals surface area contributed by atoms with Crippen LogP contribution in [0.15, 0.2) is 24.5 Å². The van der Waals surface area contributed by atoms with Crippen LogP contribution >= 0.6 is 11.5 Å². The van der Waals surface area contributed by atoms with E-state index in [9.17, 15) is 0 Å². The average Bonchev–Trinajstić information content (AvgIpc) is 2.84. The van der Waals surface area contributed by atoms with Gasteiger partial charge in [-0.2, -0.15) is 4.37 Å². The Morgan fingerprint density at radius 3 is 2.81 bits per heavy atom. The third-order valence-electron chi connectivity index (χ3n) is 2.89. The highest BCUT2D eigenvalue weighted by atomic mass is 32.1. The monoisotopic (exact) mass is 306 g/mol. The number of nitrogens with one attached hydrogen (secondary N) is 1. The zero-order chi connectivity index (χ0) is 15.1. The lowest BCUT2D eigenvalue weighted by Crippen LogP contribution is -2.08. The molecule has 2 rings (SSSR count). The van der Waals surface area contributed by atoms with Crippen LogP contribution in [0.3, 0.4) is 0 Å². The van der Waals surface area contributed by atoms with E-state index >= 15 is 0 Å². The molecule has 0 atom stereocenters. The van der Waals surface area contributed by atoms with E-state index in [-0.39, 0.29) is 0 Å². The fraction of sp³-hybridized carbons (Fsp3) is 0.467. The molecule has 2 aromatic heterocycles. The van der Waals surface area contributed by atoms with Gasteiger partial charge in [0.25, 0.3) is 0 Å². The zero-order valence-corrected chi connectivity index (χ0v) is 13.3. The average molecular weight is 306 g/mol. The maximum absolute atomic E-state index is 5.97. The molecule has 0 aromatic carbocycles. The summed E-state index contributed by atoms with van der Waals surface area (Å²) in [6.45, 7) is 6.73. The second-order valence-electron chi connectivity index (χ2n) is 5.26. The second-order valence-corrected chi connectivity index (χ2v) is 6.03. The van der Waals surface area contributed by atoms with Crippen molar-refractivity contribution in [2.24, 2.45) is 5.92 Å². The van der Waals surface area contributed by atoms with E-state index in [1.807, 2.05) is 12.1 Å². The summed E-state index contributed by atoms with van der Waals surface area (Å²) in [5.41, 5.74) is 7.97. The normalized spacial score (nSPS) is 11.0. The summed E-state index contributed by atoms with van der Waals surface area (Å²) in [4.78, 5) is 4.03. The number of anilines is 2. The van der Waals surface area contributed by atoms with Crippen molar-refractivity contribution in [1.82, 2.24) is 9.36 Å². The predicted octanol–water partition coefficient (Wildman–Crippen LogP) is 3.26. The molecule has 2 heterocycles. The molecule has 0 fully saturated rings. The number of aromatic nitrogens is 2. The van der Waals surface area contributed by atoms with Gasteiger partial charge in [0, 0.05) is 32.2 Å². The van der Waals surface area contributed by atoms with Crippen LogP contribution in [0.25, 0.3) is 11.1 Å². The summed E-state index contributed by atoms with van der Waals surface area (Å²) in [5.74, 6) is 1.14. The summed E-state index contributed by atoms with van der Waals surface area (Å²) in [7, 11) is 0. The number of rotatable bonds is 8. The van der Waals surface area contributed by atoms with Crippen molar-refractivity contribution in [2.45, 2.75) is 20.3 Å². The topological polar surface area (TPSA) is 73.1 Å². The van der Waals surface area contributed by atoms with Crippen molar-refractivity contribution in [3.8, 4) is 11.1 Å². The standard InChI is InChI=1S/C15H22N4OS/c1-11(2)10-20-9-3-6-18-15-13(14(16)19-21-15)12-4-7-17-8-5-12/h4-5,7-8,11,18H,3,6,9-10H2,1-2H3,(H2,16,19). The van der Waals surface area contributed by atoms with Gasteiger partial charge in [0.1, 0.15) is 10.8 Å². The largest absolute Gasteiger partial charge is 0.382 e. The van der Waals surface area contributed by atoms with Crippen LogP contribution in [0.4, 0.5) is 10.8 Å². The minimum Gasteiger partial charge on any atom is -0.382 e. The van der Waals surface area contributed by atoms with Crippen molar-refractivity contribution in [3.63, 3.8) is 0 Å². The van der Waals surface area contributed by atoms with Gasteiger partial charge < -0.3 is 15.8 Å². The molecule has 0 unspecified atom stereocenters. The van der Waals surface area contributed by atoms with Gasteiger partial charge in [-0.3, -0.25) is 4.98 Å². The lowest BCUT2D eigenvalue weighted by atomic mass is 10.1. The quantitative estimate of drug-likeness (QED) is 0.732. The summed E-state index contributed by atoms with van der Waals surface area (Å²) >= 11 is 1.39. The first-order chi connectivity index (χ1) is 10.2. The smallest absolute Gasteiger partial charge is 0.147 e.